The number of nitrogens with zero attached hydrogens (tertiary/aromatic N) is 3. The first kappa shape index (κ1) is 10.6. The minimum absolute atomic E-state index is 0.144. The second-order valence-electron chi connectivity index (χ2n) is 4.66. The van der Waals surface area contributed by atoms with Crippen LogP contribution < -0.4 is 0 Å². The summed E-state index contributed by atoms with van der Waals surface area (Å²) in [6.07, 6.45) is 3.58. The third-order valence-electron chi connectivity index (χ3n) is 3.18. The normalized spacial score (nSPS) is 17.3. The molecule has 0 amide bonds. The molecule has 1 fully saturated rings. The zero-order chi connectivity index (χ0) is 11.8. The Hall–Kier alpha value is -1.52. The molecular weight excluding hydrogens is 214 g/mol. The van der Waals surface area contributed by atoms with Crippen LogP contribution in [0.25, 0.3) is 10.9 Å². The van der Waals surface area contributed by atoms with Gasteiger partial charge in [-0.2, -0.15) is 0 Å². The van der Waals surface area contributed by atoms with E-state index in [-0.39, 0.29) is 6.10 Å². The number of aryl methyl sites for hydroxylation is 1. The summed E-state index contributed by atoms with van der Waals surface area (Å²) in [4.78, 5) is 10.9. The highest BCUT2D eigenvalue weighted by atomic mass is 16.3. The number of hydrogen-bond donors (Lipinski definition) is 1. The number of aliphatic hydroxyl groups is 1. The van der Waals surface area contributed by atoms with E-state index in [1.165, 1.54) is 5.56 Å². The average Bonchev–Trinajstić information content (AvgIpc) is 2.27. The van der Waals surface area contributed by atoms with Crippen LogP contribution in [0.1, 0.15) is 11.3 Å². The van der Waals surface area contributed by atoms with Crippen molar-refractivity contribution in [2.75, 3.05) is 13.1 Å². The summed E-state index contributed by atoms with van der Waals surface area (Å²) in [5, 5.41) is 10.4. The van der Waals surface area contributed by atoms with Crippen molar-refractivity contribution in [3.05, 3.63) is 35.8 Å². The standard InChI is InChI=1S/C13H15N3O/c1-9-13-11(2-3-14-9)4-10(5-15-13)6-16-7-12(17)8-16/h2-5,12,17H,6-8H2,1H3. The second kappa shape index (κ2) is 4.05. The topological polar surface area (TPSA) is 49.2 Å². The molecule has 0 aliphatic carbocycles. The van der Waals surface area contributed by atoms with E-state index in [2.05, 4.69) is 20.9 Å². The van der Waals surface area contributed by atoms with E-state index in [4.69, 9.17) is 0 Å². The van der Waals surface area contributed by atoms with Gasteiger partial charge in [-0.05, 0) is 24.6 Å². The van der Waals surface area contributed by atoms with Gasteiger partial charge in [-0.3, -0.25) is 14.9 Å². The first-order chi connectivity index (χ1) is 8.22. The Morgan fingerprint density at radius 2 is 2.24 bits per heavy atom. The molecule has 0 aromatic carbocycles. The van der Waals surface area contributed by atoms with Gasteiger partial charge < -0.3 is 5.11 Å². The lowest BCUT2D eigenvalue weighted by Gasteiger charge is -2.35. The van der Waals surface area contributed by atoms with Gasteiger partial charge in [0.25, 0.3) is 0 Å². The quantitative estimate of drug-likeness (QED) is 0.838. The van der Waals surface area contributed by atoms with Gasteiger partial charge >= 0.3 is 0 Å². The average molecular weight is 229 g/mol. The highest BCUT2D eigenvalue weighted by Gasteiger charge is 2.23. The van der Waals surface area contributed by atoms with Crippen LogP contribution in [0.4, 0.5) is 0 Å². The molecule has 0 saturated carbocycles. The van der Waals surface area contributed by atoms with Gasteiger partial charge in [-0.1, -0.05) is 0 Å². The maximum atomic E-state index is 9.24. The number of pyridine rings is 2. The fourth-order valence-electron chi connectivity index (χ4n) is 2.26. The Morgan fingerprint density at radius 3 is 3.00 bits per heavy atom. The van der Waals surface area contributed by atoms with Crippen molar-refractivity contribution in [2.24, 2.45) is 0 Å². The highest BCUT2D eigenvalue weighted by molar-refractivity contribution is 5.80. The third kappa shape index (κ3) is 2.01. The number of β-amino-alcohol motifs (C(OH)–C–C–N with tert-alkyl or cyclic N) is 1. The molecule has 0 atom stereocenters. The Kier molecular flexibility index (Phi) is 2.53. The molecule has 1 aliphatic rings. The van der Waals surface area contributed by atoms with Crippen LogP contribution in [-0.4, -0.2) is 39.2 Å². The maximum absolute atomic E-state index is 9.24. The minimum atomic E-state index is -0.144. The van der Waals surface area contributed by atoms with Gasteiger partial charge in [-0.15, -0.1) is 0 Å². The fourth-order valence-corrected chi connectivity index (χ4v) is 2.26. The molecule has 1 N–H and O–H groups in total. The van der Waals surface area contributed by atoms with Crippen LogP contribution in [-0.2, 0) is 6.54 Å². The molecule has 0 bridgehead atoms. The molecule has 0 unspecified atom stereocenters. The molecular formula is C13H15N3O. The summed E-state index contributed by atoms with van der Waals surface area (Å²) < 4.78 is 0. The number of fused-ring (bicyclic) bond motifs is 1. The van der Waals surface area contributed by atoms with E-state index in [0.717, 1.165) is 36.2 Å². The second-order valence-corrected chi connectivity index (χ2v) is 4.66. The monoisotopic (exact) mass is 229 g/mol. The van der Waals surface area contributed by atoms with E-state index in [9.17, 15) is 5.11 Å². The molecule has 0 spiro atoms. The molecule has 17 heavy (non-hydrogen) atoms. The first-order valence-electron chi connectivity index (χ1n) is 5.83. The molecule has 3 rings (SSSR count). The Bertz CT molecular complexity index is 549. The van der Waals surface area contributed by atoms with Crippen LogP contribution in [0, 0.1) is 6.92 Å². The minimum Gasteiger partial charge on any atom is -0.390 e. The van der Waals surface area contributed by atoms with Crippen LogP contribution >= 0.6 is 0 Å². The van der Waals surface area contributed by atoms with Gasteiger partial charge in [0, 0.05) is 37.4 Å². The predicted molar refractivity (Wildman–Crippen MR) is 65.6 cm³/mol. The van der Waals surface area contributed by atoms with E-state index >= 15 is 0 Å². The number of rotatable bonds is 2. The molecule has 3 heterocycles. The van der Waals surface area contributed by atoms with Crippen molar-refractivity contribution in [1.82, 2.24) is 14.9 Å². The number of hydrogen-bond acceptors (Lipinski definition) is 4. The zero-order valence-corrected chi connectivity index (χ0v) is 9.80. The van der Waals surface area contributed by atoms with E-state index in [1.807, 2.05) is 25.4 Å². The summed E-state index contributed by atoms with van der Waals surface area (Å²) >= 11 is 0. The number of likely N-dealkylation sites (tertiary alicyclic amines) is 1. The van der Waals surface area contributed by atoms with Crippen LogP contribution in [0.5, 0.6) is 0 Å². The summed E-state index contributed by atoms with van der Waals surface area (Å²) in [7, 11) is 0. The van der Waals surface area contributed by atoms with E-state index in [1.54, 1.807) is 0 Å². The molecule has 1 saturated heterocycles. The SMILES string of the molecule is Cc1nccc2cc(CN3CC(O)C3)cnc12. The van der Waals surface area contributed by atoms with Gasteiger partial charge in [0.1, 0.15) is 0 Å². The zero-order valence-electron chi connectivity index (χ0n) is 9.80. The summed E-state index contributed by atoms with van der Waals surface area (Å²) in [5.74, 6) is 0. The van der Waals surface area contributed by atoms with Crippen LogP contribution in [0.15, 0.2) is 24.5 Å². The van der Waals surface area contributed by atoms with Crippen molar-refractivity contribution in [2.45, 2.75) is 19.6 Å². The largest absolute Gasteiger partial charge is 0.390 e. The third-order valence-corrected chi connectivity index (χ3v) is 3.18. The lowest BCUT2D eigenvalue weighted by Crippen LogP contribution is -2.49. The Labute approximate surface area is 99.9 Å². The molecule has 2 aromatic heterocycles. The van der Waals surface area contributed by atoms with Crippen LogP contribution in [0.2, 0.25) is 0 Å². The van der Waals surface area contributed by atoms with Gasteiger partial charge in [0.05, 0.1) is 17.3 Å². The highest BCUT2D eigenvalue weighted by Crippen LogP contribution is 2.18. The van der Waals surface area contributed by atoms with Gasteiger partial charge in [0.2, 0.25) is 0 Å². The molecule has 2 aromatic rings. The summed E-state index contributed by atoms with van der Waals surface area (Å²) in [5.41, 5.74) is 3.13. The van der Waals surface area contributed by atoms with Crippen molar-refractivity contribution < 1.29 is 5.11 Å². The van der Waals surface area contributed by atoms with Crippen molar-refractivity contribution >= 4 is 10.9 Å². The molecule has 0 radical (unpaired) electrons. The van der Waals surface area contributed by atoms with Crippen molar-refractivity contribution in [3.63, 3.8) is 0 Å². The smallest absolute Gasteiger partial charge is 0.0914 e. The van der Waals surface area contributed by atoms with E-state index < -0.39 is 0 Å². The summed E-state index contributed by atoms with van der Waals surface area (Å²) in [6, 6.07) is 4.14. The van der Waals surface area contributed by atoms with E-state index in [0.29, 0.717) is 0 Å². The predicted octanol–water partition coefficient (Wildman–Crippen LogP) is 1.11. The molecule has 1 aliphatic heterocycles. The Morgan fingerprint density at radius 1 is 1.41 bits per heavy atom. The molecule has 4 nitrogen and oxygen atoms in total. The maximum Gasteiger partial charge on any atom is 0.0914 e. The number of aliphatic hydroxyl groups excluding tert-OH is 1. The van der Waals surface area contributed by atoms with Crippen LogP contribution in [0.3, 0.4) is 0 Å². The Balaban J connectivity index is 1.86. The number of aromatic nitrogens is 2. The van der Waals surface area contributed by atoms with Crippen molar-refractivity contribution in [3.8, 4) is 0 Å². The lowest BCUT2D eigenvalue weighted by molar-refractivity contribution is -0.00289. The molecule has 4 heteroatoms. The van der Waals surface area contributed by atoms with Gasteiger partial charge in [0.15, 0.2) is 0 Å². The summed E-state index contributed by atoms with van der Waals surface area (Å²) in [6.45, 7) is 4.38. The van der Waals surface area contributed by atoms with Gasteiger partial charge in [-0.25, -0.2) is 0 Å². The fraction of sp³-hybridized carbons (Fsp3) is 0.385. The lowest BCUT2D eigenvalue weighted by atomic mass is 10.1. The molecule has 88 valence electrons. The van der Waals surface area contributed by atoms with Crippen molar-refractivity contribution in [1.29, 1.82) is 0 Å². The first-order valence-corrected chi connectivity index (χ1v) is 5.83.